The first-order chi connectivity index (χ1) is 22.1. The Morgan fingerprint density at radius 3 is 2.35 bits per heavy atom. The Morgan fingerprint density at radius 2 is 1.70 bits per heavy atom. The van der Waals surface area contributed by atoms with Crippen molar-refractivity contribution in [1.82, 2.24) is 19.3 Å². The molecule has 13 heteroatoms. The lowest BCUT2D eigenvalue weighted by Gasteiger charge is -2.34. The second-order valence-electron chi connectivity index (χ2n) is 11.1. The molecule has 0 unspecified atom stereocenters. The summed E-state index contributed by atoms with van der Waals surface area (Å²) in [6.45, 7) is 8.54. The number of hydrogen-bond donors (Lipinski definition) is 2. The number of pyridine rings is 2. The van der Waals surface area contributed by atoms with Crippen LogP contribution in [0.1, 0.15) is 5.69 Å². The van der Waals surface area contributed by atoms with E-state index in [2.05, 4.69) is 39.0 Å². The summed E-state index contributed by atoms with van der Waals surface area (Å²) in [5.41, 5.74) is 5.25. The fraction of sp³-hybridized carbons (Fsp3) is 0.242. The highest BCUT2D eigenvalue weighted by molar-refractivity contribution is 6.41. The van der Waals surface area contributed by atoms with E-state index in [0.717, 1.165) is 48.5 Å². The molecule has 2 N–H and O–H groups in total. The monoisotopic (exact) mass is 663 g/mol. The molecule has 1 aliphatic heterocycles. The smallest absolute Gasteiger partial charge is 0.283 e. The zero-order valence-corrected chi connectivity index (χ0v) is 27.3. The molecule has 1 fully saturated rings. The molecule has 10 nitrogen and oxygen atoms in total. The van der Waals surface area contributed by atoms with Gasteiger partial charge in [0.1, 0.15) is 23.0 Å². The number of imidazole rings is 1. The third-order valence-electron chi connectivity index (χ3n) is 8.01. The van der Waals surface area contributed by atoms with Crippen molar-refractivity contribution in [1.29, 1.82) is 0 Å². The normalized spacial score (nSPS) is 13.7. The van der Waals surface area contributed by atoms with Crippen LogP contribution in [0.25, 0.3) is 27.7 Å². The van der Waals surface area contributed by atoms with Crippen molar-refractivity contribution in [2.75, 3.05) is 63.0 Å². The number of carbonyl (C=O) groups is 1. The van der Waals surface area contributed by atoms with Gasteiger partial charge in [-0.2, -0.15) is 0 Å². The molecule has 0 spiro atoms. The fourth-order valence-corrected chi connectivity index (χ4v) is 6.28. The van der Waals surface area contributed by atoms with E-state index in [-0.39, 0.29) is 0 Å². The minimum Gasteiger partial charge on any atom is -0.495 e. The minimum absolute atomic E-state index is 0.326. The van der Waals surface area contributed by atoms with Crippen molar-refractivity contribution >= 4 is 68.5 Å². The highest BCUT2D eigenvalue weighted by Gasteiger charge is 2.23. The summed E-state index contributed by atoms with van der Waals surface area (Å²) < 4.78 is 26.7. The van der Waals surface area contributed by atoms with Crippen molar-refractivity contribution in [3.8, 4) is 22.6 Å². The van der Waals surface area contributed by atoms with E-state index >= 15 is 0 Å². The van der Waals surface area contributed by atoms with Crippen LogP contribution in [0.5, 0.6) is 11.5 Å². The van der Waals surface area contributed by atoms with Crippen LogP contribution in [0.15, 0.2) is 61.2 Å². The maximum absolute atomic E-state index is 13.8. The first kappa shape index (κ1) is 31.4. The number of piperazine rings is 1. The lowest BCUT2D eigenvalue weighted by Crippen LogP contribution is -2.44. The minimum atomic E-state index is -1.08. The number of nitrogens with zero attached hydrogens (tertiary/aromatic N) is 5. The predicted octanol–water partition coefficient (Wildman–Crippen LogP) is 7.10. The molecule has 1 aliphatic rings. The number of nitrogens with one attached hydrogen (secondary N) is 2. The number of carbonyl (C=O) groups excluding carboxylic acids is 1. The number of hydrogen-bond acceptors (Lipinski definition) is 8. The molecule has 3 aromatic heterocycles. The van der Waals surface area contributed by atoms with Gasteiger partial charge < -0.3 is 29.9 Å². The summed E-state index contributed by atoms with van der Waals surface area (Å²) >= 11 is 13.6. The van der Waals surface area contributed by atoms with Crippen LogP contribution in [0.2, 0.25) is 10.0 Å². The molecule has 4 heterocycles. The van der Waals surface area contributed by atoms with Crippen molar-refractivity contribution < 1.29 is 18.7 Å². The Kier molecular flexibility index (Phi) is 8.65. The molecule has 0 atom stereocenters. The van der Waals surface area contributed by atoms with Crippen LogP contribution in [-0.4, -0.2) is 72.6 Å². The van der Waals surface area contributed by atoms with Gasteiger partial charge in [-0.25, -0.2) is 14.4 Å². The van der Waals surface area contributed by atoms with Crippen molar-refractivity contribution in [3.63, 3.8) is 0 Å². The maximum atomic E-state index is 13.8. The molecule has 0 aliphatic carbocycles. The molecular weight excluding hydrogens is 632 g/mol. The standard InChI is InChI=1S/C33H32Cl2FN7O3/c1-18-17-43-25-14-28(39-23-7-6-21(42-10-8-41(3)9-11-42)13-24(23)40-33(44)19(2)36)37-16-20(25)12-22(32(43)38-18)29-30(34)26(45-4)15-27(46-5)31(29)35/h6-7,12-17H,2,8-11H2,1,3-5H3,(H,37,39)(H,40,44). The largest absolute Gasteiger partial charge is 0.495 e. The molecule has 238 valence electrons. The van der Waals surface area contributed by atoms with Gasteiger partial charge in [-0.1, -0.05) is 29.8 Å². The number of amides is 1. The van der Waals surface area contributed by atoms with E-state index in [1.807, 2.05) is 47.9 Å². The fourth-order valence-electron chi connectivity index (χ4n) is 5.58. The first-order valence-corrected chi connectivity index (χ1v) is 15.2. The Hall–Kier alpha value is -4.58. The molecule has 2 aromatic carbocycles. The number of benzene rings is 2. The van der Waals surface area contributed by atoms with Gasteiger partial charge in [0.05, 0.1) is 46.9 Å². The second kappa shape index (κ2) is 12.7. The Labute approximate surface area is 275 Å². The third kappa shape index (κ3) is 5.89. The van der Waals surface area contributed by atoms with Gasteiger partial charge in [0.25, 0.3) is 5.91 Å². The first-order valence-electron chi connectivity index (χ1n) is 14.5. The SMILES string of the molecule is C=C(F)C(=O)Nc1cc(N2CCN(C)CC2)ccc1Nc1cc2c(cn1)cc(-c1c(Cl)c(OC)cc(OC)c1Cl)c1nc(C)cn12. The number of ether oxygens (including phenoxy) is 2. The maximum Gasteiger partial charge on any atom is 0.283 e. The number of likely N-dealkylation sites (N-methyl/N-ethyl adjacent to an activating group) is 1. The molecular formula is C33H32Cl2FN7O3. The third-order valence-corrected chi connectivity index (χ3v) is 8.76. The lowest BCUT2D eigenvalue weighted by atomic mass is 10.0. The van der Waals surface area contributed by atoms with Crippen LogP contribution >= 0.6 is 23.2 Å². The van der Waals surface area contributed by atoms with Gasteiger partial charge in [0.2, 0.25) is 0 Å². The summed E-state index contributed by atoms with van der Waals surface area (Å²) in [5.74, 6) is -0.680. The molecule has 0 radical (unpaired) electrons. The van der Waals surface area contributed by atoms with Crippen LogP contribution < -0.4 is 25.0 Å². The average Bonchev–Trinajstić information content (AvgIpc) is 3.44. The summed E-state index contributed by atoms with van der Waals surface area (Å²) in [6.07, 6.45) is 3.63. The summed E-state index contributed by atoms with van der Waals surface area (Å²) in [5, 5.41) is 7.38. The molecule has 6 rings (SSSR count). The Morgan fingerprint density at radius 1 is 1.00 bits per heavy atom. The van der Waals surface area contributed by atoms with E-state index in [9.17, 15) is 9.18 Å². The predicted molar refractivity (Wildman–Crippen MR) is 182 cm³/mol. The highest BCUT2D eigenvalue weighted by Crippen LogP contribution is 2.47. The zero-order chi connectivity index (χ0) is 32.7. The van der Waals surface area contributed by atoms with E-state index < -0.39 is 11.7 Å². The van der Waals surface area contributed by atoms with Crippen molar-refractivity contribution in [3.05, 3.63) is 76.9 Å². The van der Waals surface area contributed by atoms with Crippen LogP contribution in [0.3, 0.4) is 0 Å². The number of rotatable bonds is 8. The average molecular weight is 665 g/mol. The van der Waals surface area contributed by atoms with Crippen LogP contribution in [0.4, 0.5) is 27.3 Å². The topological polar surface area (TPSA) is 96.3 Å². The van der Waals surface area contributed by atoms with Crippen molar-refractivity contribution in [2.24, 2.45) is 0 Å². The summed E-state index contributed by atoms with van der Waals surface area (Å²) in [6, 6.07) is 11.1. The van der Waals surface area contributed by atoms with Gasteiger partial charge >= 0.3 is 0 Å². The molecule has 0 saturated carbocycles. The van der Waals surface area contributed by atoms with Crippen LogP contribution in [0, 0.1) is 6.92 Å². The van der Waals surface area contributed by atoms with E-state index in [0.29, 0.717) is 55.5 Å². The van der Waals surface area contributed by atoms with Gasteiger partial charge in [0.15, 0.2) is 5.83 Å². The molecule has 5 aromatic rings. The summed E-state index contributed by atoms with van der Waals surface area (Å²) in [7, 11) is 5.13. The Balaban J connectivity index is 1.43. The molecule has 0 bridgehead atoms. The summed E-state index contributed by atoms with van der Waals surface area (Å²) in [4.78, 5) is 26.3. The van der Waals surface area contributed by atoms with Gasteiger partial charge in [-0.15, -0.1) is 0 Å². The number of methoxy groups -OCH3 is 2. The van der Waals surface area contributed by atoms with Crippen molar-refractivity contribution in [2.45, 2.75) is 6.92 Å². The van der Waals surface area contributed by atoms with Gasteiger partial charge in [0, 0.05) is 72.9 Å². The zero-order valence-electron chi connectivity index (χ0n) is 25.7. The lowest BCUT2D eigenvalue weighted by molar-refractivity contribution is -0.114. The quantitative estimate of drug-likeness (QED) is 0.170. The van der Waals surface area contributed by atoms with E-state index in [4.69, 9.17) is 37.7 Å². The molecule has 46 heavy (non-hydrogen) atoms. The van der Waals surface area contributed by atoms with Crippen LogP contribution in [-0.2, 0) is 4.79 Å². The highest BCUT2D eigenvalue weighted by atomic mass is 35.5. The number of aromatic nitrogens is 3. The number of halogens is 3. The van der Waals surface area contributed by atoms with Gasteiger partial charge in [-0.05, 0) is 38.2 Å². The van der Waals surface area contributed by atoms with E-state index in [1.54, 1.807) is 12.3 Å². The molecule has 1 amide bonds. The Bertz CT molecular complexity index is 1980. The second-order valence-corrected chi connectivity index (χ2v) is 11.8. The number of aryl methyl sites for hydroxylation is 1. The van der Waals surface area contributed by atoms with E-state index in [1.165, 1.54) is 14.2 Å². The molecule has 1 saturated heterocycles. The number of anilines is 4. The van der Waals surface area contributed by atoms with Gasteiger partial charge in [-0.3, -0.25) is 9.20 Å². The number of fused-ring (bicyclic) bond motifs is 3.